The Morgan fingerprint density at radius 2 is 1.78 bits per heavy atom. The van der Waals surface area contributed by atoms with E-state index in [1.54, 1.807) is 4.72 Å². The summed E-state index contributed by atoms with van der Waals surface area (Å²) in [4.78, 5) is 15.2. The fourth-order valence-corrected chi connectivity index (χ4v) is 3.11. The lowest BCUT2D eigenvalue weighted by Crippen LogP contribution is -2.31. The molecule has 12 heteroatoms. The summed E-state index contributed by atoms with van der Waals surface area (Å²) in [5.74, 6) is -1.19. The van der Waals surface area contributed by atoms with E-state index in [2.05, 4.69) is 35.9 Å². The lowest BCUT2D eigenvalue weighted by molar-refractivity contribution is 0.202. The molecule has 0 saturated carbocycles. The minimum absolute atomic E-state index is 0.161. The predicted molar refractivity (Wildman–Crippen MR) is 124 cm³/mol. The maximum Gasteiger partial charge on any atom is 0.316 e. The molecule has 0 amide bonds. The van der Waals surface area contributed by atoms with Crippen LogP contribution in [0.5, 0.6) is 11.9 Å². The van der Waals surface area contributed by atoms with Crippen LogP contribution in [0.1, 0.15) is 31.2 Å². The molecule has 32 heavy (non-hydrogen) atoms. The first kappa shape index (κ1) is 14.3. The van der Waals surface area contributed by atoms with Crippen LogP contribution in [0.4, 0.5) is 5.82 Å². The van der Waals surface area contributed by atoms with Crippen LogP contribution >= 0.6 is 15.9 Å². The Morgan fingerprint density at radius 1 is 1.09 bits per heavy atom. The van der Waals surface area contributed by atoms with E-state index in [0.29, 0.717) is 0 Å². The molecule has 3 aromatic rings. The van der Waals surface area contributed by atoms with Crippen molar-refractivity contribution in [2.24, 2.45) is 0 Å². The van der Waals surface area contributed by atoms with Crippen LogP contribution in [0.2, 0.25) is 0 Å². The molecule has 1 aromatic carbocycles. The van der Waals surface area contributed by atoms with Gasteiger partial charge in [-0.05, 0) is 36.6 Å². The van der Waals surface area contributed by atoms with Crippen LogP contribution < -0.4 is 18.9 Å². The zero-order valence-electron chi connectivity index (χ0n) is 25.8. The maximum absolute atomic E-state index is 12.8. The van der Waals surface area contributed by atoms with Crippen LogP contribution in [0.3, 0.4) is 0 Å². The van der Waals surface area contributed by atoms with Crippen LogP contribution in [0.25, 0.3) is 11.1 Å². The summed E-state index contributed by atoms with van der Waals surface area (Å²) in [7, 11) is -4.70. The van der Waals surface area contributed by atoms with Gasteiger partial charge in [0.15, 0.2) is 5.82 Å². The molecule has 10 nitrogen and oxygen atoms in total. The van der Waals surface area contributed by atoms with Crippen molar-refractivity contribution in [3.63, 3.8) is 0 Å². The second-order valence-corrected chi connectivity index (χ2v) is 8.04. The summed E-state index contributed by atoms with van der Waals surface area (Å²) in [5, 5.41) is 0. The lowest BCUT2D eigenvalue weighted by atomic mass is 10.1. The number of benzene rings is 1. The first-order chi connectivity index (χ1) is 19.0. The molecule has 0 aliphatic heterocycles. The lowest BCUT2D eigenvalue weighted by Gasteiger charge is -2.15. The Labute approximate surface area is 207 Å². The summed E-state index contributed by atoms with van der Waals surface area (Å²) >= 11 is 2.99. The molecular weight excluding hydrogens is 500 g/mol. The highest BCUT2D eigenvalue weighted by Crippen LogP contribution is 2.34. The molecule has 0 aliphatic rings. The van der Waals surface area contributed by atoms with Crippen molar-refractivity contribution >= 4 is 32.0 Å². The summed E-state index contributed by atoms with van der Waals surface area (Å²) < 4.78 is 112. The fraction of sp³-hybridized carbons (Fsp3) is 0.300. The Morgan fingerprint density at radius 3 is 2.47 bits per heavy atom. The van der Waals surface area contributed by atoms with Gasteiger partial charge >= 0.3 is 6.01 Å². The number of ether oxygens (including phenoxy) is 2. The number of nitrogens with zero attached hydrogens (tertiary/aromatic N) is 4. The first-order valence-electron chi connectivity index (χ1n) is 13.5. The van der Waals surface area contributed by atoms with Gasteiger partial charge in [-0.25, -0.2) is 19.9 Å². The SMILES string of the molecule is [2H]c1nc(NS(=O)(=O)NC([2H])([2H])CC)c(-c2c([2H])c([2H])c(Br)c([2H])c2[2H])c(OCCOc2nc([2H])c(C)c([2H])n2)n1. The molecule has 0 aliphatic carbocycles. The van der Waals surface area contributed by atoms with Gasteiger partial charge < -0.3 is 9.47 Å². The topological polar surface area (TPSA) is 128 Å². The number of nitrogens with one attached hydrogen (secondary N) is 2. The summed E-state index contributed by atoms with van der Waals surface area (Å²) in [6.45, 7) is -0.108. The van der Waals surface area contributed by atoms with Gasteiger partial charge in [-0.3, -0.25) is 4.72 Å². The Kier molecular flexibility index (Phi) is 5.00. The van der Waals surface area contributed by atoms with E-state index in [-0.39, 0.29) is 48.0 Å². The van der Waals surface area contributed by atoms with Crippen LogP contribution in [0, 0.1) is 6.92 Å². The van der Waals surface area contributed by atoms with Gasteiger partial charge in [0.25, 0.3) is 10.2 Å². The van der Waals surface area contributed by atoms with Gasteiger partial charge in [0.2, 0.25) is 5.88 Å². The Bertz CT molecular complexity index is 1550. The van der Waals surface area contributed by atoms with E-state index in [9.17, 15) is 8.42 Å². The average molecular weight is 532 g/mol. The first-order valence-corrected chi connectivity index (χ1v) is 11.3. The third kappa shape index (κ3) is 6.84. The quantitative estimate of drug-likeness (QED) is 0.361. The Balaban J connectivity index is 2.08. The number of halogens is 1. The molecule has 0 saturated heterocycles. The molecule has 0 bridgehead atoms. The summed E-state index contributed by atoms with van der Waals surface area (Å²) in [6.07, 6.45) is -1.42. The molecule has 2 heterocycles. The van der Waals surface area contributed by atoms with Gasteiger partial charge in [-0.1, -0.05) is 34.9 Å². The van der Waals surface area contributed by atoms with Crippen LogP contribution in [-0.4, -0.2) is 48.1 Å². The highest BCUT2D eigenvalue weighted by atomic mass is 79.9. The molecule has 0 spiro atoms. The van der Waals surface area contributed by atoms with Crippen molar-refractivity contribution in [3.05, 3.63) is 52.9 Å². The van der Waals surface area contributed by atoms with Crippen molar-refractivity contribution < 1.29 is 30.2 Å². The largest absolute Gasteiger partial charge is 0.473 e. The normalized spacial score (nSPS) is 15.7. The monoisotopic (exact) mass is 531 g/mol. The van der Waals surface area contributed by atoms with Crippen molar-refractivity contribution in [1.82, 2.24) is 24.7 Å². The summed E-state index contributed by atoms with van der Waals surface area (Å²) in [6, 6.07) is -2.52. The average Bonchev–Trinajstić information content (AvgIpc) is 2.87. The zero-order chi connectivity index (χ0) is 30.9. The van der Waals surface area contributed by atoms with Crippen molar-refractivity contribution in [2.75, 3.05) is 24.4 Å². The van der Waals surface area contributed by atoms with Crippen LogP contribution in [-0.2, 0) is 10.2 Å². The second-order valence-electron chi connectivity index (χ2n) is 5.83. The highest BCUT2D eigenvalue weighted by molar-refractivity contribution is 9.10. The molecule has 170 valence electrons. The van der Waals surface area contributed by atoms with Crippen LogP contribution in [0.15, 0.2) is 47.3 Å². The zero-order valence-corrected chi connectivity index (χ0v) is 19.2. The van der Waals surface area contributed by atoms with E-state index in [0.717, 1.165) is 0 Å². The van der Waals surface area contributed by atoms with Crippen molar-refractivity contribution in [1.29, 1.82) is 0 Å². The van der Waals surface area contributed by atoms with Gasteiger partial charge in [0.1, 0.15) is 20.9 Å². The van der Waals surface area contributed by atoms with Gasteiger partial charge in [-0.15, -0.1) is 0 Å². The molecule has 2 N–H and O–H groups in total. The molecular formula is C20H23BrN6O4S. The van der Waals surface area contributed by atoms with E-state index >= 15 is 0 Å². The molecule has 0 fully saturated rings. The minimum Gasteiger partial charge on any atom is -0.473 e. The number of hydrogen-bond donors (Lipinski definition) is 2. The highest BCUT2D eigenvalue weighted by Gasteiger charge is 2.19. The Hall–Kier alpha value is -2.83. The molecule has 2 aromatic heterocycles. The van der Waals surface area contributed by atoms with Gasteiger partial charge in [0.05, 0.1) is 13.8 Å². The van der Waals surface area contributed by atoms with E-state index in [1.807, 2.05) is 4.72 Å². The summed E-state index contributed by atoms with van der Waals surface area (Å²) in [5.41, 5.74) is -0.676. The van der Waals surface area contributed by atoms with Gasteiger partial charge in [0, 0.05) is 26.1 Å². The van der Waals surface area contributed by atoms with Crippen molar-refractivity contribution in [2.45, 2.75) is 20.3 Å². The maximum atomic E-state index is 12.8. The third-order valence-electron chi connectivity index (χ3n) is 3.41. The number of aromatic nitrogens is 4. The third-order valence-corrected chi connectivity index (χ3v) is 4.69. The van der Waals surface area contributed by atoms with E-state index < -0.39 is 70.0 Å². The molecule has 0 radical (unpaired) electrons. The fourth-order valence-electron chi connectivity index (χ4n) is 2.13. The number of anilines is 1. The predicted octanol–water partition coefficient (Wildman–Crippen LogP) is 3.12. The minimum atomic E-state index is -4.70. The molecule has 3 rings (SSSR count). The number of rotatable bonds is 11. The number of hydrogen-bond acceptors (Lipinski definition) is 8. The standard InChI is InChI=1S/C20H23BrN6O4S/c1-3-8-26-32(28,29)27-18-17(15-4-6-16(21)7-5-15)19(25-13-24-18)30-9-10-31-20-22-11-14(2)12-23-20/h4-7,11-13,26H,3,8-10H2,1-2H3,(H,24,25,27)/i4D,5D,6D,7D,8D2,11D,12D,13D. The van der Waals surface area contributed by atoms with E-state index in [1.165, 1.54) is 13.8 Å². The molecule has 0 unspecified atom stereocenters. The smallest absolute Gasteiger partial charge is 0.316 e. The second kappa shape index (κ2) is 11.2. The molecule has 0 atom stereocenters. The van der Waals surface area contributed by atoms with Crippen molar-refractivity contribution in [3.8, 4) is 23.0 Å². The van der Waals surface area contributed by atoms with E-state index in [4.69, 9.17) is 21.8 Å². The van der Waals surface area contributed by atoms with Gasteiger partial charge in [-0.2, -0.15) is 13.1 Å².